The van der Waals surface area contributed by atoms with Crippen LogP contribution >= 0.6 is 0 Å². The van der Waals surface area contributed by atoms with Gasteiger partial charge < -0.3 is 15.2 Å². The average Bonchev–Trinajstić information content (AvgIpc) is 2.47. The Morgan fingerprint density at radius 1 is 1.29 bits per heavy atom. The molecule has 0 fully saturated rings. The molecule has 1 aliphatic carbocycles. The van der Waals surface area contributed by atoms with Gasteiger partial charge in [-0.2, -0.15) is 0 Å². The highest BCUT2D eigenvalue weighted by Crippen LogP contribution is 2.35. The molecule has 4 heteroatoms. The van der Waals surface area contributed by atoms with Crippen LogP contribution < -0.4 is 10.5 Å². The van der Waals surface area contributed by atoms with E-state index in [2.05, 4.69) is 12.1 Å². The van der Waals surface area contributed by atoms with Gasteiger partial charge in [0.25, 0.3) is 0 Å². The topological polar surface area (TPSA) is 61.5 Å². The number of benzene rings is 2. The summed E-state index contributed by atoms with van der Waals surface area (Å²) >= 11 is 0. The van der Waals surface area contributed by atoms with Crippen LogP contribution in [0.15, 0.2) is 42.5 Å². The quantitative estimate of drug-likeness (QED) is 0.692. The zero-order chi connectivity index (χ0) is 14.8. The number of nitrogen functional groups attached to an aromatic ring is 1. The molecule has 108 valence electrons. The number of carbonyl (C=O) groups excluding carboxylic acids is 1. The van der Waals surface area contributed by atoms with Gasteiger partial charge in [-0.05, 0) is 29.7 Å². The molecule has 0 heterocycles. The first-order valence-corrected chi connectivity index (χ1v) is 6.87. The monoisotopic (exact) mass is 283 g/mol. The predicted octanol–water partition coefficient (Wildman–Crippen LogP) is 2.77. The standard InChI is InChI=1S/C17H17NO3/c1-20-16-9-13(18)6-7-15(16)17(19)21-10-12-8-11-4-2-3-5-14(11)12/h2-7,9,12H,8,10,18H2,1H3. The van der Waals surface area contributed by atoms with Gasteiger partial charge >= 0.3 is 5.97 Å². The van der Waals surface area contributed by atoms with E-state index in [0.29, 0.717) is 29.5 Å². The molecule has 0 radical (unpaired) electrons. The van der Waals surface area contributed by atoms with Crippen molar-refractivity contribution >= 4 is 11.7 Å². The Morgan fingerprint density at radius 2 is 2.10 bits per heavy atom. The van der Waals surface area contributed by atoms with E-state index in [0.717, 1.165) is 6.42 Å². The number of hydrogen-bond donors (Lipinski definition) is 1. The van der Waals surface area contributed by atoms with E-state index >= 15 is 0 Å². The van der Waals surface area contributed by atoms with Crippen molar-refractivity contribution in [2.45, 2.75) is 12.3 Å². The van der Waals surface area contributed by atoms with Crippen molar-refractivity contribution < 1.29 is 14.3 Å². The highest BCUT2D eigenvalue weighted by Gasteiger charge is 2.27. The number of ether oxygens (including phenoxy) is 2. The molecule has 4 nitrogen and oxygen atoms in total. The number of esters is 1. The van der Waals surface area contributed by atoms with E-state index < -0.39 is 0 Å². The van der Waals surface area contributed by atoms with Crippen LogP contribution in [0.5, 0.6) is 5.75 Å². The number of carbonyl (C=O) groups is 1. The maximum Gasteiger partial charge on any atom is 0.341 e. The third-order valence-corrected chi connectivity index (χ3v) is 3.82. The zero-order valence-corrected chi connectivity index (χ0v) is 11.8. The van der Waals surface area contributed by atoms with Crippen molar-refractivity contribution in [3.63, 3.8) is 0 Å². The molecule has 21 heavy (non-hydrogen) atoms. The van der Waals surface area contributed by atoms with Gasteiger partial charge in [0, 0.05) is 17.7 Å². The molecule has 1 aliphatic rings. The molecule has 0 bridgehead atoms. The smallest absolute Gasteiger partial charge is 0.341 e. The second-order valence-corrected chi connectivity index (χ2v) is 5.16. The van der Waals surface area contributed by atoms with Gasteiger partial charge in [0.1, 0.15) is 11.3 Å². The number of methoxy groups -OCH3 is 1. The van der Waals surface area contributed by atoms with Crippen LogP contribution in [0.2, 0.25) is 0 Å². The summed E-state index contributed by atoms with van der Waals surface area (Å²) in [5.41, 5.74) is 9.24. The Labute approximate surface area is 123 Å². The summed E-state index contributed by atoms with van der Waals surface area (Å²) in [6.45, 7) is 0.392. The van der Waals surface area contributed by atoms with Crippen molar-refractivity contribution in [2.24, 2.45) is 0 Å². The maximum atomic E-state index is 12.1. The minimum atomic E-state index is -0.378. The molecule has 0 aromatic heterocycles. The first-order valence-electron chi connectivity index (χ1n) is 6.87. The SMILES string of the molecule is COc1cc(N)ccc1C(=O)OCC1Cc2ccccc21. The summed E-state index contributed by atoms with van der Waals surface area (Å²) in [5, 5.41) is 0. The first-order chi connectivity index (χ1) is 10.2. The molecule has 0 spiro atoms. The van der Waals surface area contributed by atoms with Gasteiger partial charge in [0.05, 0.1) is 13.7 Å². The number of rotatable bonds is 4. The third kappa shape index (κ3) is 2.57. The molecule has 0 saturated carbocycles. The first kappa shape index (κ1) is 13.5. The molecule has 0 amide bonds. The Hall–Kier alpha value is -2.49. The molecular formula is C17H17NO3. The lowest BCUT2D eigenvalue weighted by Gasteiger charge is -2.29. The number of hydrogen-bond acceptors (Lipinski definition) is 4. The minimum Gasteiger partial charge on any atom is -0.496 e. The van der Waals surface area contributed by atoms with Crippen molar-refractivity contribution in [1.29, 1.82) is 0 Å². The highest BCUT2D eigenvalue weighted by molar-refractivity contribution is 5.93. The molecular weight excluding hydrogens is 266 g/mol. The molecule has 1 unspecified atom stereocenters. The van der Waals surface area contributed by atoms with Crippen molar-refractivity contribution in [3.05, 3.63) is 59.2 Å². The molecule has 0 aliphatic heterocycles. The number of nitrogens with two attached hydrogens (primary N) is 1. The Morgan fingerprint density at radius 3 is 2.86 bits per heavy atom. The van der Waals surface area contributed by atoms with Crippen molar-refractivity contribution in [1.82, 2.24) is 0 Å². The lowest BCUT2D eigenvalue weighted by atomic mass is 9.78. The lowest BCUT2D eigenvalue weighted by molar-refractivity contribution is 0.0466. The van der Waals surface area contributed by atoms with Gasteiger partial charge in [-0.3, -0.25) is 0 Å². The van der Waals surface area contributed by atoms with Gasteiger partial charge in [0.2, 0.25) is 0 Å². The van der Waals surface area contributed by atoms with Gasteiger partial charge in [-0.1, -0.05) is 24.3 Å². The van der Waals surface area contributed by atoms with Crippen LogP contribution in [-0.2, 0) is 11.2 Å². The summed E-state index contributed by atoms with van der Waals surface area (Å²) < 4.78 is 10.6. The maximum absolute atomic E-state index is 12.1. The van der Waals surface area contributed by atoms with Crippen LogP contribution in [-0.4, -0.2) is 19.7 Å². The summed E-state index contributed by atoms with van der Waals surface area (Å²) in [6, 6.07) is 13.1. The van der Waals surface area contributed by atoms with Crippen LogP contribution in [0.4, 0.5) is 5.69 Å². The van der Waals surface area contributed by atoms with E-state index in [4.69, 9.17) is 15.2 Å². The third-order valence-electron chi connectivity index (χ3n) is 3.82. The second-order valence-electron chi connectivity index (χ2n) is 5.16. The highest BCUT2D eigenvalue weighted by atomic mass is 16.5. The minimum absolute atomic E-state index is 0.296. The van der Waals surface area contributed by atoms with Crippen LogP contribution in [0, 0.1) is 0 Å². The molecule has 1 atom stereocenters. The zero-order valence-electron chi connectivity index (χ0n) is 11.8. The number of anilines is 1. The number of fused-ring (bicyclic) bond motifs is 1. The normalized spacial score (nSPS) is 15.8. The van der Waals surface area contributed by atoms with E-state index in [9.17, 15) is 4.79 Å². The fraction of sp³-hybridized carbons (Fsp3) is 0.235. The molecule has 2 aromatic rings. The van der Waals surface area contributed by atoms with Gasteiger partial charge in [-0.15, -0.1) is 0 Å². The van der Waals surface area contributed by atoms with E-state index in [1.54, 1.807) is 18.2 Å². The van der Waals surface area contributed by atoms with E-state index in [-0.39, 0.29) is 5.97 Å². The van der Waals surface area contributed by atoms with E-state index in [1.807, 2.05) is 12.1 Å². The van der Waals surface area contributed by atoms with Gasteiger partial charge in [0.15, 0.2) is 0 Å². The largest absolute Gasteiger partial charge is 0.496 e. The Bertz CT molecular complexity index is 681. The fourth-order valence-corrected chi connectivity index (χ4v) is 2.64. The molecule has 3 rings (SSSR count). The molecule has 2 N–H and O–H groups in total. The molecule has 2 aromatic carbocycles. The lowest BCUT2D eigenvalue weighted by Crippen LogP contribution is -2.23. The predicted molar refractivity (Wildman–Crippen MR) is 80.6 cm³/mol. The van der Waals surface area contributed by atoms with Crippen molar-refractivity contribution in [3.8, 4) is 5.75 Å². The Balaban J connectivity index is 1.66. The molecule has 0 saturated heterocycles. The van der Waals surface area contributed by atoms with Crippen LogP contribution in [0.1, 0.15) is 27.4 Å². The summed E-state index contributed by atoms with van der Waals surface area (Å²) in [4.78, 5) is 12.1. The van der Waals surface area contributed by atoms with Gasteiger partial charge in [-0.25, -0.2) is 4.79 Å². The second kappa shape index (κ2) is 5.48. The summed E-state index contributed by atoms with van der Waals surface area (Å²) in [7, 11) is 1.51. The Kier molecular flexibility index (Phi) is 3.52. The summed E-state index contributed by atoms with van der Waals surface area (Å²) in [6.07, 6.45) is 0.961. The summed E-state index contributed by atoms with van der Waals surface area (Å²) in [5.74, 6) is 0.357. The fourth-order valence-electron chi connectivity index (χ4n) is 2.64. The van der Waals surface area contributed by atoms with Crippen LogP contribution in [0.25, 0.3) is 0 Å². The van der Waals surface area contributed by atoms with E-state index in [1.165, 1.54) is 18.2 Å². The van der Waals surface area contributed by atoms with Crippen molar-refractivity contribution in [2.75, 3.05) is 19.5 Å². The van der Waals surface area contributed by atoms with Crippen LogP contribution in [0.3, 0.4) is 0 Å². The average molecular weight is 283 g/mol.